The molecule has 25 heavy (non-hydrogen) atoms. The molecular weight excluding hydrogens is 338 g/mol. The van der Waals surface area contributed by atoms with Crippen molar-refractivity contribution in [2.45, 2.75) is 33.2 Å². The average molecular weight is 359 g/mol. The Morgan fingerprint density at radius 2 is 1.80 bits per heavy atom. The Labute approximate surface area is 148 Å². The second-order valence-corrected chi connectivity index (χ2v) is 8.43. The van der Waals surface area contributed by atoms with Gasteiger partial charge in [-0.05, 0) is 62.1 Å². The zero-order valence-corrected chi connectivity index (χ0v) is 15.6. The third kappa shape index (κ3) is 3.26. The summed E-state index contributed by atoms with van der Waals surface area (Å²) in [7, 11) is -3.34. The molecule has 0 saturated carbocycles. The van der Waals surface area contributed by atoms with E-state index in [4.69, 9.17) is 4.74 Å². The Morgan fingerprint density at radius 1 is 1.16 bits per heavy atom. The number of nitrogens with zero attached hydrogens (tertiary/aromatic N) is 1. The molecule has 0 unspecified atom stereocenters. The Morgan fingerprint density at radius 3 is 2.40 bits per heavy atom. The summed E-state index contributed by atoms with van der Waals surface area (Å²) in [6.07, 6.45) is 1.77. The maximum Gasteiger partial charge on any atom is 0.343 e. The van der Waals surface area contributed by atoms with Crippen molar-refractivity contribution in [3.8, 4) is 5.75 Å². The first-order chi connectivity index (χ1) is 11.7. The van der Waals surface area contributed by atoms with Gasteiger partial charge in [0.1, 0.15) is 5.75 Å². The van der Waals surface area contributed by atoms with Gasteiger partial charge in [-0.1, -0.05) is 18.2 Å². The molecule has 0 saturated heterocycles. The van der Waals surface area contributed by atoms with Crippen molar-refractivity contribution in [2.75, 3.05) is 10.6 Å². The van der Waals surface area contributed by atoms with E-state index in [1.165, 1.54) is 10.6 Å². The van der Waals surface area contributed by atoms with Crippen LogP contribution < -0.4 is 9.04 Å². The summed E-state index contributed by atoms with van der Waals surface area (Å²) in [4.78, 5) is 12.5. The van der Waals surface area contributed by atoms with Gasteiger partial charge in [0.15, 0.2) is 0 Å². The van der Waals surface area contributed by atoms with Crippen LogP contribution in [0.3, 0.4) is 0 Å². The maximum atomic E-state index is 12.5. The number of sulfonamides is 1. The fraction of sp³-hybridized carbons (Fsp3) is 0.316. The van der Waals surface area contributed by atoms with Crippen molar-refractivity contribution >= 4 is 21.7 Å². The average Bonchev–Trinajstić information content (AvgIpc) is 2.85. The van der Waals surface area contributed by atoms with Crippen LogP contribution in [0.25, 0.3) is 0 Å². The summed E-state index contributed by atoms with van der Waals surface area (Å²) in [6.45, 7) is 5.64. The van der Waals surface area contributed by atoms with Crippen LogP contribution in [0.4, 0.5) is 5.69 Å². The molecule has 3 rings (SSSR count). The summed E-state index contributed by atoms with van der Waals surface area (Å²) in [5.41, 5.74) is 3.69. The van der Waals surface area contributed by atoms with E-state index < -0.39 is 16.0 Å². The number of hydrogen-bond acceptors (Lipinski definition) is 4. The van der Waals surface area contributed by atoms with Crippen LogP contribution in [0.2, 0.25) is 0 Å². The van der Waals surface area contributed by atoms with Gasteiger partial charge in [-0.2, -0.15) is 0 Å². The van der Waals surface area contributed by atoms with Gasteiger partial charge in [-0.25, -0.2) is 13.2 Å². The molecule has 5 nitrogen and oxygen atoms in total. The topological polar surface area (TPSA) is 63.7 Å². The summed E-state index contributed by atoms with van der Waals surface area (Å²) in [5, 5.41) is 0. The van der Waals surface area contributed by atoms with Crippen LogP contribution in [0.1, 0.15) is 34.0 Å². The molecule has 1 aliphatic heterocycles. The number of fused-ring (bicyclic) bond motifs is 1. The van der Waals surface area contributed by atoms with Crippen LogP contribution in [-0.4, -0.2) is 26.7 Å². The quantitative estimate of drug-likeness (QED) is 0.623. The number of anilines is 1. The lowest BCUT2D eigenvalue weighted by molar-refractivity contribution is 0.0732. The number of benzene rings is 2. The first-order valence-electron chi connectivity index (χ1n) is 8.09. The van der Waals surface area contributed by atoms with E-state index in [9.17, 15) is 13.2 Å². The molecule has 2 aromatic rings. The maximum absolute atomic E-state index is 12.5. The van der Waals surface area contributed by atoms with Gasteiger partial charge in [0.25, 0.3) is 0 Å². The number of ether oxygens (including phenoxy) is 1. The molecule has 0 fully saturated rings. The number of aryl methyl sites for hydroxylation is 2. The van der Waals surface area contributed by atoms with E-state index in [0.29, 0.717) is 23.4 Å². The van der Waals surface area contributed by atoms with Gasteiger partial charge >= 0.3 is 5.97 Å². The SMILES string of the molecule is Cc1cccc(C)c1OC(=O)c1ccc2c(c1)C[C@H](C)N2S(C)(=O)=O. The minimum atomic E-state index is -3.34. The highest BCUT2D eigenvalue weighted by molar-refractivity contribution is 7.92. The summed E-state index contributed by atoms with van der Waals surface area (Å²) in [5.74, 6) is 0.129. The highest BCUT2D eigenvalue weighted by atomic mass is 32.2. The Bertz CT molecular complexity index is 930. The Hall–Kier alpha value is -2.34. The Balaban J connectivity index is 1.91. The van der Waals surface area contributed by atoms with E-state index in [1.54, 1.807) is 18.2 Å². The van der Waals surface area contributed by atoms with Crippen LogP contribution in [0.15, 0.2) is 36.4 Å². The molecule has 0 spiro atoms. The molecule has 0 bridgehead atoms. The number of carbonyl (C=O) groups excluding carboxylic acids is 1. The fourth-order valence-corrected chi connectivity index (χ4v) is 4.61. The molecule has 1 atom stereocenters. The molecule has 0 radical (unpaired) electrons. The number of para-hydroxylation sites is 1. The fourth-order valence-electron chi connectivity index (χ4n) is 3.35. The number of esters is 1. The monoisotopic (exact) mass is 359 g/mol. The zero-order valence-electron chi connectivity index (χ0n) is 14.7. The van der Waals surface area contributed by atoms with E-state index in [0.717, 1.165) is 16.7 Å². The van der Waals surface area contributed by atoms with Crippen molar-refractivity contribution in [3.05, 3.63) is 58.7 Å². The summed E-state index contributed by atoms with van der Waals surface area (Å²) >= 11 is 0. The molecule has 1 heterocycles. The van der Waals surface area contributed by atoms with Gasteiger partial charge in [0.05, 0.1) is 17.5 Å². The molecule has 0 amide bonds. The van der Waals surface area contributed by atoms with E-state index in [2.05, 4.69) is 0 Å². The molecular formula is C19H21NO4S. The van der Waals surface area contributed by atoms with Crippen molar-refractivity contribution in [1.29, 1.82) is 0 Å². The van der Waals surface area contributed by atoms with Gasteiger partial charge in [0.2, 0.25) is 10.0 Å². The summed E-state index contributed by atoms with van der Waals surface area (Å²) < 4.78 is 30.9. The number of hydrogen-bond donors (Lipinski definition) is 0. The minimum Gasteiger partial charge on any atom is -0.422 e. The first kappa shape index (κ1) is 17.5. The standard InChI is InChI=1S/C19H21NO4S/c1-12-6-5-7-13(2)18(12)24-19(21)15-8-9-17-16(11-15)10-14(3)20(17)25(4,22)23/h5-9,11,14H,10H2,1-4H3/t14-/m0/s1. The lowest BCUT2D eigenvalue weighted by atomic mass is 10.1. The van der Waals surface area contributed by atoms with Crippen LogP contribution in [-0.2, 0) is 16.4 Å². The largest absolute Gasteiger partial charge is 0.422 e. The predicted octanol–water partition coefficient (Wildman–Crippen LogP) is 3.23. The van der Waals surface area contributed by atoms with Crippen LogP contribution in [0.5, 0.6) is 5.75 Å². The number of carbonyl (C=O) groups is 1. The number of rotatable bonds is 3. The van der Waals surface area contributed by atoms with Gasteiger partial charge < -0.3 is 4.74 Å². The molecule has 132 valence electrons. The predicted molar refractivity (Wildman–Crippen MR) is 97.8 cm³/mol. The van der Waals surface area contributed by atoms with Crippen molar-refractivity contribution in [3.63, 3.8) is 0 Å². The highest BCUT2D eigenvalue weighted by Crippen LogP contribution is 2.35. The second kappa shape index (κ2) is 6.19. The van der Waals surface area contributed by atoms with E-state index in [-0.39, 0.29) is 6.04 Å². The summed E-state index contributed by atoms with van der Waals surface area (Å²) in [6, 6.07) is 10.6. The minimum absolute atomic E-state index is 0.158. The van der Waals surface area contributed by atoms with E-state index in [1.807, 2.05) is 39.0 Å². The van der Waals surface area contributed by atoms with Gasteiger partial charge in [0, 0.05) is 6.04 Å². The highest BCUT2D eigenvalue weighted by Gasteiger charge is 2.33. The third-order valence-electron chi connectivity index (χ3n) is 4.43. The molecule has 1 aliphatic rings. The first-order valence-corrected chi connectivity index (χ1v) is 9.94. The van der Waals surface area contributed by atoms with Crippen molar-refractivity contribution in [1.82, 2.24) is 0 Å². The Kier molecular flexibility index (Phi) is 4.33. The van der Waals surface area contributed by atoms with E-state index >= 15 is 0 Å². The van der Waals surface area contributed by atoms with Gasteiger partial charge in [-0.15, -0.1) is 0 Å². The third-order valence-corrected chi connectivity index (χ3v) is 5.70. The molecule has 0 N–H and O–H groups in total. The van der Waals surface area contributed by atoms with Gasteiger partial charge in [-0.3, -0.25) is 4.31 Å². The second-order valence-electron chi connectivity index (χ2n) is 6.57. The van der Waals surface area contributed by atoms with Crippen LogP contribution >= 0.6 is 0 Å². The van der Waals surface area contributed by atoms with Crippen molar-refractivity contribution < 1.29 is 17.9 Å². The molecule has 2 aromatic carbocycles. The lowest BCUT2D eigenvalue weighted by Gasteiger charge is -2.21. The zero-order chi connectivity index (χ0) is 18.4. The molecule has 0 aliphatic carbocycles. The smallest absolute Gasteiger partial charge is 0.343 e. The van der Waals surface area contributed by atoms with Crippen molar-refractivity contribution in [2.24, 2.45) is 0 Å². The van der Waals surface area contributed by atoms with Crippen LogP contribution in [0, 0.1) is 13.8 Å². The molecule has 0 aromatic heterocycles. The molecule has 6 heteroatoms. The lowest BCUT2D eigenvalue weighted by Crippen LogP contribution is -2.34. The normalized spacial score (nSPS) is 16.6.